The van der Waals surface area contributed by atoms with Crippen molar-refractivity contribution < 1.29 is 9.90 Å². The second kappa shape index (κ2) is 4.38. The smallest absolute Gasteiger partial charge is 0.309 e. The number of allylic oxidation sites excluding steroid dienone is 2. The fraction of sp³-hybridized carbons (Fsp3) is 0.769. The Morgan fingerprint density at radius 1 is 1.27 bits per heavy atom. The monoisotopic (exact) mass is 210 g/mol. The maximum absolute atomic E-state index is 11.4. The van der Waals surface area contributed by atoms with E-state index in [-0.39, 0.29) is 0 Å². The van der Waals surface area contributed by atoms with Gasteiger partial charge in [-0.3, -0.25) is 4.79 Å². The summed E-state index contributed by atoms with van der Waals surface area (Å²) in [5.74, 6) is -0.615. The molecule has 2 nitrogen and oxygen atoms in total. The predicted molar refractivity (Wildman–Crippen MR) is 61.7 cm³/mol. The summed E-state index contributed by atoms with van der Waals surface area (Å²) in [6.07, 6.45) is 8.32. The molecule has 2 heteroatoms. The number of carbonyl (C=O) groups is 1. The first-order valence-corrected chi connectivity index (χ1v) is 5.76. The van der Waals surface area contributed by atoms with Crippen LogP contribution in [-0.4, -0.2) is 11.1 Å². The van der Waals surface area contributed by atoms with E-state index < -0.39 is 11.4 Å². The number of rotatable bonds is 3. The van der Waals surface area contributed by atoms with E-state index >= 15 is 0 Å². The summed E-state index contributed by atoms with van der Waals surface area (Å²) in [7, 11) is 0. The largest absolute Gasteiger partial charge is 0.481 e. The van der Waals surface area contributed by atoms with Gasteiger partial charge in [0.1, 0.15) is 0 Å². The Balaban J connectivity index is 2.73. The molecule has 1 rings (SSSR count). The lowest BCUT2D eigenvalue weighted by Crippen LogP contribution is -2.37. The number of aliphatic carboxylic acids is 1. The zero-order valence-electron chi connectivity index (χ0n) is 10.0. The summed E-state index contributed by atoms with van der Waals surface area (Å²) in [5.41, 5.74) is -0.156. The number of carboxylic acids is 1. The Morgan fingerprint density at radius 2 is 1.80 bits per heavy atom. The summed E-state index contributed by atoms with van der Waals surface area (Å²) < 4.78 is 0. The number of hydrogen-bond donors (Lipinski definition) is 1. The molecular weight excluding hydrogens is 188 g/mol. The lowest BCUT2D eigenvalue weighted by Gasteiger charge is -2.40. The van der Waals surface area contributed by atoms with Gasteiger partial charge in [0, 0.05) is 0 Å². The molecule has 0 atom stereocenters. The molecule has 0 heterocycles. The molecular formula is C13H22O2. The fourth-order valence-electron chi connectivity index (χ4n) is 2.25. The average Bonchev–Trinajstić information content (AvgIpc) is 2.16. The van der Waals surface area contributed by atoms with Crippen LogP contribution in [0.5, 0.6) is 0 Å². The highest BCUT2D eigenvalue weighted by molar-refractivity contribution is 5.75. The van der Waals surface area contributed by atoms with Crippen molar-refractivity contribution in [1.82, 2.24) is 0 Å². The minimum Gasteiger partial charge on any atom is -0.481 e. The third-order valence-corrected chi connectivity index (χ3v) is 3.76. The normalized spacial score (nSPS) is 24.2. The van der Waals surface area contributed by atoms with E-state index in [1.54, 1.807) is 0 Å². The van der Waals surface area contributed by atoms with E-state index in [4.69, 9.17) is 0 Å². The lowest BCUT2D eigenvalue weighted by molar-refractivity contribution is -0.152. The molecule has 0 radical (unpaired) electrons. The average molecular weight is 210 g/mol. The third kappa shape index (κ3) is 2.83. The molecule has 0 aromatic rings. The Labute approximate surface area is 92.4 Å². The van der Waals surface area contributed by atoms with E-state index in [0.29, 0.717) is 11.8 Å². The zero-order chi connectivity index (χ0) is 11.5. The van der Waals surface area contributed by atoms with Gasteiger partial charge in [0.05, 0.1) is 5.41 Å². The van der Waals surface area contributed by atoms with Gasteiger partial charge in [-0.1, -0.05) is 26.0 Å². The molecule has 1 saturated carbocycles. The molecule has 0 aromatic carbocycles. The number of hydrogen-bond acceptors (Lipinski definition) is 1. The lowest BCUT2D eigenvalue weighted by atomic mass is 9.64. The van der Waals surface area contributed by atoms with Crippen molar-refractivity contribution in [2.45, 2.75) is 52.9 Å². The first kappa shape index (κ1) is 12.3. The van der Waals surface area contributed by atoms with Crippen LogP contribution in [0.1, 0.15) is 52.9 Å². The van der Waals surface area contributed by atoms with Crippen LogP contribution in [0.25, 0.3) is 0 Å². The minimum atomic E-state index is -0.615. The quantitative estimate of drug-likeness (QED) is 0.722. The maximum Gasteiger partial charge on any atom is 0.309 e. The first-order chi connectivity index (χ1) is 6.92. The maximum atomic E-state index is 11.4. The van der Waals surface area contributed by atoms with Crippen molar-refractivity contribution in [3.05, 3.63) is 12.2 Å². The molecule has 1 aliphatic carbocycles. The second-order valence-electron chi connectivity index (χ2n) is 5.52. The van der Waals surface area contributed by atoms with Crippen molar-refractivity contribution >= 4 is 5.97 Å². The van der Waals surface area contributed by atoms with E-state index in [2.05, 4.69) is 13.8 Å². The zero-order valence-corrected chi connectivity index (χ0v) is 10.0. The van der Waals surface area contributed by atoms with Crippen LogP contribution >= 0.6 is 0 Å². The highest BCUT2D eigenvalue weighted by Crippen LogP contribution is 2.47. The molecule has 1 fully saturated rings. The first-order valence-electron chi connectivity index (χ1n) is 5.76. The van der Waals surface area contributed by atoms with Crippen molar-refractivity contribution in [3.63, 3.8) is 0 Å². The van der Waals surface area contributed by atoms with Gasteiger partial charge < -0.3 is 5.11 Å². The molecule has 0 saturated heterocycles. The van der Waals surface area contributed by atoms with Gasteiger partial charge in [-0.2, -0.15) is 0 Å². The second-order valence-corrected chi connectivity index (χ2v) is 5.52. The highest BCUT2D eigenvalue weighted by Gasteiger charge is 2.42. The Kier molecular flexibility index (Phi) is 3.58. The molecule has 1 N–H and O–H groups in total. The van der Waals surface area contributed by atoms with Gasteiger partial charge in [0.25, 0.3) is 0 Å². The summed E-state index contributed by atoms with van der Waals surface area (Å²) in [5, 5.41) is 9.35. The SMILES string of the molecule is CC=CCC1(C(=O)O)CCC(C)(C)CC1. The Morgan fingerprint density at radius 3 is 2.20 bits per heavy atom. The molecule has 0 aliphatic heterocycles. The van der Waals surface area contributed by atoms with Crippen LogP contribution in [0, 0.1) is 10.8 Å². The molecule has 0 bridgehead atoms. The standard InChI is InChI=1S/C13H22O2/c1-4-5-6-13(11(14)15)9-7-12(2,3)8-10-13/h4-5H,6-10H2,1-3H3,(H,14,15). The predicted octanol–water partition coefficient (Wildman–Crippen LogP) is 3.62. The van der Waals surface area contributed by atoms with Crippen LogP contribution in [0.15, 0.2) is 12.2 Å². The van der Waals surface area contributed by atoms with Crippen LogP contribution in [0.3, 0.4) is 0 Å². The van der Waals surface area contributed by atoms with E-state index in [1.807, 2.05) is 19.1 Å². The van der Waals surface area contributed by atoms with E-state index in [1.165, 1.54) is 0 Å². The summed E-state index contributed by atoms with van der Waals surface area (Å²) in [4.78, 5) is 11.4. The van der Waals surface area contributed by atoms with Gasteiger partial charge in [0.2, 0.25) is 0 Å². The van der Waals surface area contributed by atoms with Gasteiger partial charge in [-0.25, -0.2) is 0 Å². The van der Waals surface area contributed by atoms with E-state index in [9.17, 15) is 9.90 Å². The van der Waals surface area contributed by atoms with Crippen molar-refractivity contribution in [2.24, 2.45) is 10.8 Å². The van der Waals surface area contributed by atoms with Crippen LogP contribution in [-0.2, 0) is 4.79 Å². The molecule has 86 valence electrons. The summed E-state index contributed by atoms with van der Waals surface area (Å²) in [6, 6.07) is 0. The van der Waals surface area contributed by atoms with Gasteiger partial charge in [-0.05, 0) is 44.4 Å². The minimum absolute atomic E-state index is 0.328. The molecule has 0 unspecified atom stereocenters. The third-order valence-electron chi connectivity index (χ3n) is 3.76. The molecule has 0 amide bonds. The molecule has 0 aromatic heterocycles. The molecule has 0 spiro atoms. The van der Waals surface area contributed by atoms with E-state index in [0.717, 1.165) is 25.7 Å². The van der Waals surface area contributed by atoms with Gasteiger partial charge in [0.15, 0.2) is 0 Å². The Bertz CT molecular complexity index is 254. The molecule has 1 aliphatic rings. The van der Waals surface area contributed by atoms with Crippen molar-refractivity contribution in [3.8, 4) is 0 Å². The van der Waals surface area contributed by atoms with Crippen molar-refractivity contribution in [1.29, 1.82) is 0 Å². The van der Waals surface area contributed by atoms with Crippen LogP contribution < -0.4 is 0 Å². The van der Waals surface area contributed by atoms with Crippen LogP contribution in [0.4, 0.5) is 0 Å². The van der Waals surface area contributed by atoms with Crippen LogP contribution in [0.2, 0.25) is 0 Å². The topological polar surface area (TPSA) is 37.3 Å². The number of carboxylic acid groups (broad SMARTS) is 1. The van der Waals surface area contributed by atoms with Gasteiger partial charge in [-0.15, -0.1) is 0 Å². The highest BCUT2D eigenvalue weighted by atomic mass is 16.4. The van der Waals surface area contributed by atoms with Gasteiger partial charge >= 0.3 is 5.97 Å². The molecule has 15 heavy (non-hydrogen) atoms. The summed E-state index contributed by atoms with van der Waals surface area (Å²) in [6.45, 7) is 6.41. The fourth-order valence-corrected chi connectivity index (χ4v) is 2.25. The van der Waals surface area contributed by atoms with Crippen molar-refractivity contribution in [2.75, 3.05) is 0 Å². The Hall–Kier alpha value is -0.790. The summed E-state index contributed by atoms with van der Waals surface area (Å²) >= 11 is 0.